The Bertz CT molecular complexity index is 875. The van der Waals surface area contributed by atoms with Crippen LogP contribution < -0.4 is 5.32 Å². The van der Waals surface area contributed by atoms with Gasteiger partial charge >= 0.3 is 5.97 Å². The van der Waals surface area contributed by atoms with Crippen LogP contribution in [0.2, 0.25) is 0 Å². The molecule has 7 heteroatoms. The summed E-state index contributed by atoms with van der Waals surface area (Å²) in [6.07, 6.45) is 0. The van der Waals surface area contributed by atoms with Gasteiger partial charge in [-0.2, -0.15) is 5.11 Å². The minimum absolute atomic E-state index is 0.0555. The number of ether oxygens (including phenoxy) is 1. The van der Waals surface area contributed by atoms with Crippen molar-refractivity contribution in [3.8, 4) is 5.75 Å². The fraction of sp³-hybridized carbons (Fsp3) is 0.158. The predicted molar refractivity (Wildman–Crippen MR) is 98.1 cm³/mol. The van der Waals surface area contributed by atoms with E-state index in [1.807, 2.05) is 0 Å². The van der Waals surface area contributed by atoms with Crippen molar-refractivity contribution in [3.63, 3.8) is 0 Å². The maximum absolute atomic E-state index is 11.8. The van der Waals surface area contributed by atoms with Crippen molar-refractivity contribution in [2.45, 2.75) is 13.8 Å². The smallest absolute Gasteiger partial charge is 0.341 e. The lowest BCUT2D eigenvalue weighted by Gasteiger charge is -2.07. The first kappa shape index (κ1) is 18.9. The molecule has 2 rings (SSSR count). The summed E-state index contributed by atoms with van der Waals surface area (Å²) >= 11 is 0. The average molecular weight is 353 g/mol. The number of hydrogen-bond acceptors (Lipinski definition) is 6. The number of phenolic OH excluding ortho intramolecular Hbond substituents is 1. The molecule has 0 radical (unpaired) electrons. The standard InChI is InChI=1S/C19H19N3O4/c1-4-26-19(25)14-10-9-13(11-17(14)23)21-22-16-8-6-5-7-15(16)20-18(24)12(2)3/h5-11,23H,2,4H2,1,3H3,(H,20,24). The van der Waals surface area contributed by atoms with E-state index in [9.17, 15) is 14.7 Å². The van der Waals surface area contributed by atoms with Gasteiger partial charge < -0.3 is 15.2 Å². The third-order valence-electron chi connectivity index (χ3n) is 3.29. The van der Waals surface area contributed by atoms with Gasteiger partial charge in [0, 0.05) is 11.6 Å². The monoisotopic (exact) mass is 353 g/mol. The van der Waals surface area contributed by atoms with Crippen LogP contribution in [0.15, 0.2) is 64.8 Å². The van der Waals surface area contributed by atoms with E-state index in [0.717, 1.165) is 0 Å². The van der Waals surface area contributed by atoms with Crippen molar-refractivity contribution >= 4 is 28.9 Å². The first-order valence-corrected chi connectivity index (χ1v) is 7.90. The number of anilines is 1. The highest BCUT2D eigenvalue weighted by Crippen LogP contribution is 2.29. The molecule has 2 aromatic carbocycles. The topological polar surface area (TPSA) is 100 Å². The third-order valence-corrected chi connectivity index (χ3v) is 3.29. The molecule has 7 nitrogen and oxygen atoms in total. The summed E-state index contributed by atoms with van der Waals surface area (Å²) in [6.45, 7) is 7.09. The van der Waals surface area contributed by atoms with Crippen LogP contribution in [0.4, 0.5) is 17.1 Å². The van der Waals surface area contributed by atoms with E-state index in [4.69, 9.17) is 4.74 Å². The molecule has 0 heterocycles. The van der Waals surface area contributed by atoms with Crippen LogP contribution in [0.1, 0.15) is 24.2 Å². The van der Waals surface area contributed by atoms with Gasteiger partial charge in [-0.3, -0.25) is 4.79 Å². The third kappa shape index (κ3) is 4.76. The number of aromatic hydroxyl groups is 1. The van der Waals surface area contributed by atoms with E-state index in [-0.39, 0.29) is 23.8 Å². The summed E-state index contributed by atoms with van der Waals surface area (Å²) in [6, 6.07) is 11.1. The number of esters is 1. The molecule has 0 saturated heterocycles. The predicted octanol–water partition coefficient (Wildman–Crippen LogP) is 4.50. The Morgan fingerprint density at radius 1 is 1.19 bits per heavy atom. The van der Waals surface area contributed by atoms with Crippen LogP contribution in [0.5, 0.6) is 5.75 Å². The lowest BCUT2D eigenvalue weighted by Crippen LogP contribution is -2.11. The van der Waals surface area contributed by atoms with Crippen LogP contribution in [-0.4, -0.2) is 23.6 Å². The Hall–Kier alpha value is -3.48. The number of nitrogens with zero attached hydrogens (tertiary/aromatic N) is 2. The number of rotatable bonds is 6. The summed E-state index contributed by atoms with van der Waals surface area (Å²) in [4.78, 5) is 23.5. The number of nitrogens with one attached hydrogen (secondary N) is 1. The average Bonchev–Trinajstić information content (AvgIpc) is 2.61. The van der Waals surface area contributed by atoms with Crippen molar-refractivity contribution < 1.29 is 19.4 Å². The van der Waals surface area contributed by atoms with Crippen molar-refractivity contribution in [1.82, 2.24) is 0 Å². The van der Waals surface area contributed by atoms with Gasteiger partial charge in [0.2, 0.25) is 0 Å². The lowest BCUT2D eigenvalue weighted by molar-refractivity contribution is -0.112. The Balaban J connectivity index is 2.22. The molecule has 0 spiro atoms. The van der Waals surface area contributed by atoms with E-state index in [1.54, 1.807) is 38.1 Å². The molecule has 0 aliphatic rings. The molecule has 0 fully saturated rings. The second kappa shape index (κ2) is 8.57. The van der Waals surface area contributed by atoms with Gasteiger partial charge in [0.25, 0.3) is 5.91 Å². The second-order valence-electron chi connectivity index (χ2n) is 5.37. The zero-order chi connectivity index (χ0) is 19.1. The molecule has 0 bridgehead atoms. The van der Waals surface area contributed by atoms with Gasteiger partial charge in [0.05, 0.1) is 18.0 Å². The highest BCUT2D eigenvalue weighted by Gasteiger charge is 2.12. The molecular weight excluding hydrogens is 334 g/mol. The van der Waals surface area contributed by atoms with Crippen LogP contribution in [0, 0.1) is 0 Å². The van der Waals surface area contributed by atoms with E-state index < -0.39 is 5.97 Å². The maximum Gasteiger partial charge on any atom is 0.341 e. The summed E-state index contributed by atoms with van der Waals surface area (Å²) in [5.74, 6) is -1.17. The zero-order valence-electron chi connectivity index (χ0n) is 14.5. The molecule has 2 N–H and O–H groups in total. The fourth-order valence-electron chi connectivity index (χ4n) is 1.97. The minimum Gasteiger partial charge on any atom is -0.507 e. The maximum atomic E-state index is 11.8. The molecule has 0 aromatic heterocycles. The van der Waals surface area contributed by atoms with E-state index in [1.165, 1.54) is 18.2 Å². The number of azo groups is 1. The Morgan fingerprint density at radius 3 is 2.58 bits per heavy atom. The number of carbonyl (C=O) groups excluding carboxylic acids is 2. The van der Waals surface area contributed by atoms with Crippen molar-refractivity contribution in [2.75, 3.05) is 11.9 Å². The van der Waals surface area contributed by atoms with Crippen LogP contribution in [-0.2, 0) is 9.53 Å². The molecule has 0 aliphatic heterocycles. The highest BCUT2D eigenvalue weighted by molar-refractivity contribution is 6.04. The molecule has 0 saturated carbocycles. The largest absolute Gasteiger partial charge is 0.507 e. The Kier molecular flexibility index (Phi) is 6.21. The van der Waals surface area contributed by atoms with Crippen molar-refractivity contribution in [3.05, 3.63) is 60.2 Å². The minimum atomic E-state index is -0.610. The van der Waals surface area contributed by atoms with Gasteiger partial charge in [-0.25, -0.2) is 4.79 Å². The number of para-hydroxylation sites is 1. The molecule has 0 aliphatic carbocycles. The van der Waals surface area contributed by atoms with E-state index in [2.05, 4.69) is 22.1 Å². The summed E-state index contributed by atoms with van der Waals surface area (Å²) in [5.41, 5.74) is 1.69. The van der Waals surface area contributed by atoms with Crippen molar-refractivity contribution in [1.29, 1.82) is 0 Å². The van der Waals surface area contributed by atoms with Gasteiger partial charge in [-0.1, -0.05) is 18.7 Å². The number of amides is 1. The molecule has 0 unspecified atom stereocenters. The quantitative estimate of drug-likeness (QED) is 0.453. The molecule has 134 valence electrons. The summed E-state index contributed by atoms with van der Waals surface area (Å²) in [5, 5.41) is 20.8. The summed E-state index contributed by atoms with van der Waals surface area (Å²) in [7, 11) is 0. The van der Waals surface area contributed by atoms with Crippen molar-refractivity contribution in [2.24, 2.45) is 10.2 Å². The normalized spacial score (nSPS) is 10.5. The first-order chi connectivity index (χ1) is 12.4. The molecule has 0 atom stereocenters. The van der Waals surface area contributed by atoms with Gasteiger partial charge in [-0.15, -0.1) is 5.11 Å². The Morgan fingerprint density at radius 2 is 1.92 bits per heavy atom. The highest BCUT2D eigenvalue weighted by atomic mass is 16.5. The van der Waals surface area contributed by atoms with Crippen LogP contribution in [0.3, 0.4) is 0 Å². The lowest BCUT2D eigenvalue weighted by atomic mass is 10.2. The molecule has 2 aromatic rings. The second-order valence-corrected chi connectivity index (χ2v) is 5.37. The summed E-state index contributed by atoms with van der Waals surface area (Å²) < 4.78 is 4.85. The van der Waals surface area contributed by atoms with Gasteiger partial charge in [0.1, 0.15) is 17.0 Å². The molecule has 1 amide bonds. The van der Waals surface area contributed by atoms with Crippen LogP contribution in [0.25, 0.3) is 0 Å². The SMILES string of the molecule is C=C(C)C(=O)Nc1ccccc1N=Nc1ccc(C(=O)OCC)c(O)c1. The Labute approximate surface area is 151 Å². The van der Waals surface area contributed by atoms with Crippen LogP contribution >= 0.6 is 0 Å². The number of phenols is 1. The van der Waals surface area contributed by atoms with Gasteiger partial charge in [0.15, 0.2) is 0 Å². The number of carbonyl (C=O) groups is 2. The fourth-order valence-corrected chi connectivity index (χ4v) is 1.97. The number of hydrogen-bond donors (Lipinski definition) is 2. The zero-order valence-corrected chi connectivity index (χ0v) is 14.5. The van der Waals surface area contributed by atoms with E-state index in [0.29, 0.717) is 22.6 Å². The van der Waals surface area contributed by atoms with Gasteiger partial charge in [-0.05, 0) is 38.1 Å². The molecule has 26 heavy (non-hydrogen) atoms. The number of benzene rings is 2. The van der Waals surface area contributed by atoms with E-state index >= 15 is 0 Å². The first-order valence-electron chi connectivity index (χ1n) is 7.90. The molecular formula is C19H19N3O4.